The highest BCUT2D eigenvalue weighted by molar-refractivity contribution is 7.11. The molecule has 2 aromatic rings. The molecule has 1 heterocycles. The molecule has 1 aromatic carbocycles. The first-order chi connectivity index (χ1) is 9.67. The van der Waals surface area contributed by atoms with Crippen LogP contribution in [0.25, 0.3) is 0 Å². The SMILES string of the molecule is CCc1cccc(NC(N)=NCCc2ncc(C)s2)c1. The van der Waals surface area contributed by atoms with Gasteiger partial charge in [0, 0.05) is 29.7 Å². The van der Waals surface area contributed by atoms with Crippen molar-refractivity contribution in [3.8, 4) is 0 Å². The fourth-order valence-electron chi connectivity index (χ4n) is 1.85. The largest absolute Gasteiger partial charge is 0.370 e. The van der Waals surface area contributed by atoms with Crippen molar-refractivity contribution < 1.29 is 0 Å². The van der Waals surface area contributed by atoms with Gasteiger partial charge in [0.1, 0.15) is 0 Å². The summed E-state index contributed by atoms with van der Waals surface area (Å²) in [6.07, 6.45) is 3.73. The Balaban J connectivity index is 1.87. The van der Waals surface area contributed by atoms with E-state index < -0.39 is 0 Å². The predicted octanol–water partition coefficient (Wildman–Crippen LogP) is 2.98. The van der Waals surface area contributed by atoms with Gasteiger partial charge in [0.05, 0.1) is 5.01 Å². The maximum Gasteiger partial charge on any atom is 0.193 e. The van der Waals surface area contributed by atoms with Crippen LogP contribution in [0.4, 0.5) is 5.69 Å². The molecule has 0 saturated heterocycles. The standard InChI is InChI=1S/C15H20N4S/c1-3-12-5-4-6-13(9-12)19-15(16)17-8-7-14-18-10-11(2)20-14/h4-6,9-10H,3,7-8H2,1-2H3,(H3,16,17,19). The number of nitrogens with two attached hydrogens (primary N) is 1. The molecule has 0 aliphatic heterocycles. The van der Waals surface area contributed by atoms with Crippen molar-refractivity contribution >= 4 is 23.0 Å². The summed E-state index contributed by atoms with van der Waals surface area (Å²) in [5, 5.41) is 4.22. The Labute approximate surface area is 123 Å². The summed E-state index contributed by atoms with van der Waals surface area (Å²) < 4.78 is 0. The van der Waals surface area contributed by atoms with Gasteiger partial charge in [-0.25, -0.2) is 4.98 Å². The molecule has 0 atom stereocenters. The first-order valence-corrected chi connectivity index (χ1v) is 7.56. The van der Waals surface area contributed by atoms with Crippen LogP contribution in [-0.2, 0) is 12.8 Å². The van der Waals surface area contributed by atoms with Gasteiger partial charge in [-0.05, 0) is 31.0 Å². The zero-order chi connectivity index (χ0) is 14.4. The van der Waals surface area contributed by atoms with Gasteiger partial charge in [0.15, 0.2) is 5.96 Å². The average Bonchev–Trinajstić information content (AvgIpc) is 2.84. The summed E-state index contributed by atoms with van der Waals surface area (Å²) in [4.78, 5) is 9.86. The molecule has 0 radical (unpaired) electrons. The summed E-state index contributed by atoms with van der Waals surface area (Å²) in [6.45, 7) is 4.84. The Bertz CT molecular complexity index is 589. The van der Waals surface area contributed by atoms with Crippen LogP contribution in [0, 0.1) is 6.92 Å². The molecule has 0 aliphatic carbocycles. The summed E-state index contributed by atoms with van der Waals surface area (Å²) in [6, 6.07) is 8.20. The number of aromatic nitrogens is 1. The maximum atomic E-state index is 5.89. The number of thiazole rings is 1. The first-order valence-electron chi connectivity index (χ1n) is 6.74. The van der Waals surface area contributed by atoms with E-state index in [1.54, 1.807) is 11.3 Å². The fourth-order valence-corrected chi connectivity index (χ4v) is 2.62. The second kappa shape index (κ2) is 7.05. The summed E-state index contributed by atoms with van der Waals surface area (Å²) in [7, 11) is 0. The molecule has 0 spiro atoms. The number of guanidine groups is 1. The van der Waals surface area contributed by atoms with Crippen molar-refractivity contribution in [2.45, 2.75) is 26.7 Å². The number of aliphatic imine (C=N–C) groups is 1. The fraction of sp³-hybridized carbons (Fsp3) is 0.333. The van der Waals surface area contributed by atoms with Crippen LogP contribution in [0.5, 0.6) is 0 Å². The smallest absolute Gasteiger partial charge is 0.193 e. The van der Waals surface area contributed by atoms with Gasteiger partial charge < -0.3 is 11.1 Å². The number of aryl methyl sites for hydroxylation is 2. The van der Waals surface area contributed by atoms with E-state index in [1.165, 1.54) is 10.4 Å². The monoisotopic (exact) mass is 288 g/mol. The molecule has 4 nitrogen and oxygen atoms in total. The zero-order valence-corrected chi connectivity index (χ0v) is 12.7. The zero-order valence-electron chi connectivity index (χ0n) is 11.9. The number of hydrogen-bond donors (Lipinski definition) is 2. The maximum absolute atomic E-state index is 5.89. The Morgan fingerprint density at radius 1 is 1.45 bits per heavy atom. The van der Waals surface area contributed by atoms with E-state index in [1.807, 2.05) is 18.3 Å². The van der Waals surface area contributed by atoms with E-state index in [4.69, 9.17) is 5.73 Å². The molecule has 2 rings (SSSR count). The van der Waals surface area contributed by atoms with Crippen molar-refractivity contribution in [1.82, 2.24) is 4.98 Å². The highest BCUT2D eigenvalue weighted by atomic mass is 32.1. The Morgan fingerprint density at radius 2 is 2.30 bits per heavy atom. The third-order valence-electron chi connectivity index (χ3n) is 2.88. The summed E-state index contributed by atoms with van der Waals surface area (Å²) >= 11 is 1.71. The molecule has 0 bridgehead atoms. The second-order valence-corrected chi connectivity index (χ2v) is 5.88. The summed E-state index contributed by atoms with van der Waals surface area (Å²) in [5.74, 6) is 0.450. The minimum atomic E-state index is 0.450. The van der Waals surface area contributed by atoms with Gasteiger partial charge in [-0.2, -0.15) is 0 Å². The molecule has 20 heavy (non-hydrogen) atoms. The number of anilines is 1. The highest BCUT2D eigenvalue weighted by Crippen LogP contribution is 2.12. The molecular formula is C15H20N4S. The third-order valence-corrected chi connectivity index (χ3v) is 3.86. The van der Waals surface area contributed by atoms with E-state index >= 15 is 0 Å². The molecule has 106 valence electrons. The van der Waals surface area contributed by atoms with E-state index in [2.05, 4.69) is 41.3 Å². The number of benzene rings is 1. The molecule has 0 unspecified atom stereocenters. The summed E-state index contributed by atoms with van der Waals surface area (Å²) in [5.41, 5.74) is 8.15. The van der Waals surface area contributed by atoms with Gasteiger partial charge in [0.2, 0.25) is 0 Å². The van der Waals surface area contributed by atoms with Gasteiger partial charge in [-0.1, -0.05) is 19.1 Å². The van der Waals surface area contributed by atoms with Crippen LogP contribution in [0.3, 0.4) is 0 Å². The number of hydrogen-bond acceptors (Lipinski definition) is 3. The Kier molecular flexibility index (Phi) is 5.12. The Hall–Kier alpha value is -1.88. The van der Waals surface area contributed by atoms with Crippen LogP contribution < -0.4 is 11.1 Å². The average molecular weight is 288 g/mol. The Morgan fingerprint density at radius 3 is 3.00 bits per heavy atom. The third kappa shape index (κ3) is 4.35. The number of rotatable bonds is 5. The molecule has 0 amide bonds. The van der Waals surface area contributed by atoms with E-state index in [0.717, 1.165) is 23.5 Å². The molecule has 5 heteroatoms. The lowest BCUT2D eigenvalue weighted by Crippen LogP contribution is -2.23. The molecule has 0 aliphatic rings. The van der Waals surface area contributed by atoms with Crippen LogP contribution in [0.15, 0.2) is 35.5 Å². The molecule has 1 aromatic heterocycles. The molecule has 3 N–H and O–H groups in total. The topological polar surface area (TPSA) is 63.3 Å². The van der Waals surface area contributed by atoms with Crippen molar-refractivity contribution in [3.63, 3.8) is 0 Å². The lowest BCUT2D eigenvalue weighted by Gasteiger charge is -2.06. The second-order valence-electron chi connectivity index (χ2n) is 4.56. The van der Waals surface area contributed by atoms with Crippen molar-refractivity contribution in [3.05, 3.63) is 45.9 Å². The lowest BCUT2D eigenvalue weighted by molar-refractivity contribution is 0.949. The molecular weight excluding hydrogens is 268 g/mol. The molecule has 0 saturated carbocycles. The molecule has 0 fully saturated rings. The van der Waals surface area contributed by atoms with Crippen molar-refractivity contribution in [2.75, 3.05) is 11.9 Å². The van der Waals surface area contributed by atoms with Crippen LogP contribution in [-0.4, -0.2) is 17.5 Å². The van der Waals surface area contributed by atoms with Gasteiger partial charge in [-0.3, -0.25) is 4.99 Å². The number of nitrogens with one attached hydrogen (secondary N) is 1. The normalized spacial score (nSPS) is 11.6. The minimum Gasteiger partial charge on any atom is -0.370 e. The van der Waals surface area contributed by atoms with E-state index in [0.29, 0.717) is 12.5 Å². The minimum absolute atomic E-state index is 0.450. The van der Waals surface area contributed by atoms with Gasteiger partial charge >= 0.3 is 0 Å². The van der Waals surface area contributed by atoms with Crippen molar-refractivity contribution in [2.24, 2.45) is 10.7 Å². The number of nitrogens with zero attached hydrogens (tertiary/aromatic N) is 2. The van der Waals surface area contributed by atoms with Crippen LogP contribution in [0.1, 0.15) is 22.4 Å². The van der Waals surface area contributed by atoms with E-state index in [9.17, 15) is 0 Å². The highest BCUT2D eigenvalue weighted by Gasteiger charge is 1.99. The van der Waals surface area contributed by atoms with Gasteiger partial charge in [0.25, 0.3) is 0 Å². The van der Waals surface area contributed by atoms with Crippen molar-refractivity contribution in [1.29, 1.82) is 0 Å². The lowest BCUT2D eigenvalue weighted by atomic mass is 10.1. The van der Waals surface area contributed by atoms with E-state index in [-0.39, 0.29) is 0 Å². The van der Waals surface area contributed by atoms with Crippen LogP contribution >= 0.6 is 11.3 Å². The first kappa shape index (κ1) is 14.5. The van der Waals surface area contributed by atoms with Crippen LogP contribution in [0.2, 0.25) is 0 Å². The van der Waals surface area contributed by atoms with Gasteiger partial charge in [-0.15, -0.1) is 11.3 Å². The predicted molar refractivity (Wildman–Crippen MR) is 86.5 cm³/mol. The quantitative estimate of drug-likeness (QED) is 0.656.